The topological polar surface area (TPSA) is 35.5 Å². The number of benzene rings is 1. The Morgan fingerprint density at radius 3 is 2.55 bits per heavy atom. The molecule has 0 unspecified atom stereocenters. The highest BCUT2D eigenvalue weighted by Gasteiger charge is 2.15. The molecule has 1 aromatic rings. The monoisotopic (exact) mass is 306 g/mol. The molecule has 0 saturated carbocycles. The van der Waals surface area contributed by atoms with Crippen LogP contribution in [0, 0.1) is 0 Å². The van der Waals surface area contributed by atoms with E-state index in [1.54, 1.807) is 12.1 Å². The standard InChI is InChI=1S/C14H21ClF2N2O/c1-10(2)18-8-11-3-4-13(12(15)7-11)19(5-6-20)9-14(16)17/h3-4,7,10,14,18,20H,5-6,8-9H2,1-2H3. The van der Waals surface area contributed by atoms with E-state index in [4.69, 9.17) is 16.7 Å². The Balaban J connectivity index is 2.83. The summed E-state index contributed by atoms with van der Waals surface area (Å²) in [6, 6.07) is 5.70. The van der Waals surface area contributed by atoms with Crippen LogP contribution < -0.4 is 10.2 Å². The first kappa shape index (κ1) is 17.1. The minimum atomic E-state index is -2.47. The van der Waals surface area contributed by atoms with Crippen molar-refractivity contribution in [3.63, 3.8) is 0 Å². The van der Waals surface area contributed by atoms with E-state index in [0.717, 1.165) is 5.56 Å². The third kappa shape index (κ3) is 5.61. The Morgan fingerprint density at radius 2 is 2.05 bits per heavy atom. The van der Waals surface area contributed by atoms with E-state index >= 15 is 0 Å². The Hall–Kier alpha value is -0.910. The molecule has 0 radical (unpaired) electrons. The number of hydrogen-bond acceptors (Lipinski definition) is 3. The van der Waals surface area contributed by atoms with Gasteiger partial charge in [0, 0.05) is 19.1 Å². The average molecular weight is 307 g/mol. The van der Waals surface area contributed by atoms with Crippen molar-refractivity contribution in [2.24, 2.45) is 0 Å². The number of halogens is 3. The van der Waals surface area contributed by atoms with Gasteiger partial charge >= 0.3 is 0 Å². The first-order valence-electron chi connectivity index (χ1n) is 6.59. The van der Waals surface area contributed by atoms with E-state index < -0.39 is 13.0 Å². The van der Waals surface area contributed by atoms with Crippen LogP contribution in [0.1, 0.15) is 19.4 Å². The average Bonchev–Trinajstić information content (AvgIpc) is 2.35. The van der Waals surface area contributed by atoms with Crippen LogP contribution in [0.15, 0.2) is 18.2 Å². The Kier molecular flexibility index (Phi) is 7.19. The molecule has 0 aliphatic heterocycles. The SMILES string of the molecule is CC(C)NCc1ccc(N(CCO)CC(F)F)c(Cl)c1. The van der Waals surface area contributed by atoms with Crippen molar-refractivity contribution in [2.45, 2.75) is 32.9 Å². The van der Waals surface area contributed by atoms with Crippen molar-refractivity contribution < 1.29 is 13.9 Å². The predicted octanol–water partition coefficient (Wildman–Crippen LogP) is 2.90. The van der Waals surface area contributed by atoms with Gasteiger partial charge in [0.1, 0.15) is 0 Å². The Bertz CT molecular complexity index is 416. The second-order valence-corrected chi connectivity index (χ2v) is 5.29. The van der Waals surface area contributed by atoms with E-state index in [1.165, 1.54) is 4.90 Å². The van der Waals surface area contributed by atoms with Crippen LogP contribution in [0.3, 0.4) is 0 Å². The van der Waals surface area contributed by atoms with E-state index in [9.17, 15) is 8.78 Å². The lowest BCUT2D eigenvalue weighted by Crippen LogP contribution is -2.31. The van der Waals surface area contributed by atoms with Crippen LogP contribution >= 0.6 is 11.6 Å². The lowest BCUT2D eigenvalue weighted by atomic mass is 10.1. The van der Waals surface area contributed by atoms with Crippen LogP contribution in [-0.2, 0) is 6.54 Å². The Morgan fingerprint density at radius 1 is 1.35 bits per heavy atom. The number of hydrogen-bond donors (Lipinski definition) is 2. The molecular weight excluding hydrogens is 286 g/mol. The highest BCUT2D eigenvalue weighted by atomic mass is 35.5. The maximum atomic E-state index is 12.5. The smallest absolute Gasteiger partial charge is 0.255 e. The maximum Gasteiger partial charge on any atom is 0.255 e. The predicted molar refractivity (Wildman–Crippen MR) is 78.7 cm³/mol. The highest BCUT2D eigenvalue weighted by Crippen LogP contribution is 2.27. The number of nitrogens with zero attached hydrogens (tertiary/aromatic N) is 1. The van der Waals surface area contributed by atoms with E-state index in [-0.39, 0.29) is 13.2 Å². The summed E-state index contributed by atoms with van der Waals surface area (Å²) >= 11 is 6.16. The molecule has 0 spiro atoms. The van der Waals surface area contributed by atoms with Crippen molar-refractivity contribution >= 4 is 17.3 Å². The zero-order valence-corrected chi connectivity index (χ0v) is 12.5. The molecule has 0 atom stereocenters. The molecule has 0 amide bonds. The fourth-order valence-electron chi connectivity index (χ4n) is 1.84. The second-order valence-electron chi connectivity index (χ2n) is 4.88. The van der Waals surface area contributed by atoms with Gasteiger partial charge in [-0.3, -0.25) is 0 Å². The minimum Gasteiger partial charge on any atom is -0.395 e. The largest absolute Gasteiger partial charge is 0.395 e. The zero-order chi connectivity index (χ0) is 15.1. The maximum absolute atomic E-state index is 12.5. The van der Waals surface area contributed by atoms with Gasteiger partial charge in [-0.25, -0.2) is 8.78 Å². The van der Waals surface area contributed by atoms with Crippen molar-refractivity contribution in [3.8, 4) is 0 Å². The highest BCUT2D eigenvalue weighted by molar-refractivity contribution is 6.33. The van der Waals surface area contributed by atoms with Gasteiger partial charge in [-0.2, -0.15) is 0 Å². The number of alkyl halides is 2. The van der Waals surface area contributed by atoms with Gasteiger partial charge in [0.2, 0.25) is 0 Å². The van der Waals surface area contributed by atoms with Crippen molar-refractivity contribution in [1.82, 2.24) is 5.32 Å². The molecule has 0 saturated heterocycles. The van der Waals surface area contributed by atoms with Crippen molar-refractivity contribution in [3.05, 3.63) is 28.8 Å². The summed E-state index contributed by atoms with van der Waals surface area (Å²) in [6.07, 6.45) is -2.47. The quantitative estimate of drug-likeness (QED) is 0.775. The number of rotatable bonds is 8. The molecule has 0 aliphatic rings. The van der Waals surface area contributed by atoms with Crippen molar-refractivity contribution in [2.75, 3.05) is 24.6 Å². The molecule has 114 valence electrons. The first-order chi connectivity index (χ1) is 9.43. The van der Waals surface area contributed by atoms with Gasteiger partial charge in [-0.1, -0.05) is 31.5 Å². The molecule has 0 aliphatic carbocycles. The molecular formula is C14H21ClF2N2O. The third-order valence-corrected chi connectivity index (χ3v) is 3.10. The second kappa shape index (κ2) is 8.39. The summed E-state index contributed by atoms with van der Waals surface area (Å²) in [4.78, 5) is 1.40. The molecule has 1 aromatic carbocycles. The van der Waals surface area contributed by atoms with Crippen LogP contribution in [0.5, 0.6) is 0 Å². The third-order valence-electron chi connectivity index (χ3n) is 2.80. The summed E-state index contributed by atoms with van der Waals surface area (Å²) in [6.45, 7) is 4.26. The molecule has 3 nitrogen and oxygen atoms in total. The number of aliphatic hydroxyl groups excluding tert-OH is 1. The molecule has 6 heteroatoms. The van der Waals surface area contributed by atoms with E-state index in [2.05, 4.69) is 5.32 Å². The van der Waals surface area contributed by atoms with Gasteiger partial charge in [0.25, 0.3) is 6.43 Å². The lowest BCUT2D eigenvalue weighted by molar-refractivity contribution is 0.153. The summed E-state index contributed by atoms with van der Waals surface area (Å²) in [5.41, 5.74) is 1.52. The van der Waals surface area contributed by atoms with E-state index in [1.807, 2.05) is 19.9 Å². The normalized spacial score (nSPS) is 11.4. The summed E-state index contributed by atoms with van der Waals surface area (Å²) < 4.78 is 25.1. The molecule has 1 rings (SSSR count). The number of aliphatic hydroxyl groups is 1. The van der Waals surface area contributed by atoms with Crippen LogP contribution in [-0.4, -0.2) is 37.3 Å². The molecule has 2 N–H and O–H groups in total. The minimum absolute atomic E-state index is 0.133. The van der Waals surface area contributed by atoms with E-state index in [0.29, 0.717) is 23.3 Å². The lowest BCUT2D eigenvalue weighted by Gasteiger charge is -2.25. The fourth-order valence-corrected chi connectivity index (χ4v) is 2.16. The fraction of sp³-hybridized carbons (Fsp3) is 0.571. The Labute approximate surface area is 123 Å². The van der Waals surface area contributed by atoms with Crippen molar-refractivity contribution in [1.29, 1.82) is 0 Å². The first-order valence-corrected chi connectivity index (χ1v) is 6.97. The number of anilines is 1. The zero-order valence-electron chi connectivity index (χ0n) is 11.7. The van der Waals surface area contributed by atoms with Gasteiger partial charge in [0.15, 0.2) is 0 Å². The molecule has 0 fully saturated rings. The van der Waals surface area contributed by atoms with Gasteiger partial charge in [-0.05, 0) is 17.7 Å². The van der Waals surface area contributed by atoms with Crippen LogP contribution in [0.2, 0.25) is 5.02 Å². The number of nitrogens with one attached hydrogen (secondary N) is 1. The van der Waals surface area contributed by atoms with Crippen LogP contribution in [0.25, 0.3) is 0 Å². The molecule has 20 heavy (non-hydrogen) atoms. The van der Waals surface area contributed by atoms with Gasteiger partial charge in [0.05, 0.1) is 23.9 Å². The summed E-state index contributed by atoms with van der Waals surface area (Å²) in [5.74, 6) is 0. The van der Waals surface area contributed by atoms with Gasteiger partial charge < -0.3 is 15.3 Å². The van der Waals surface area contributed by atoms with Gasteiger partial charge in [-0.15, -0.1) is 0 Å². The van der Waals surface area contributed by atoms with Crippen LogP contribution in [0.4, 0.5) is 14.5 Å². The molecule has 0 heterocycles. The molecule has 0 aromatic heterocycles. The summed E-state index contributed by atoms with van der Waals surface area (Å²) in [7, 11) is 0. The summed E-state index contributed by atoms with van der Waals surface area (Å²) in [5, 5.41) is 12.6. The molecule has 0 bridgehead atoms.